The highest BCUT2D eigenvalue weighted by molar-refractivity contribution is 7.92. The van der Waals surface area contributed by atoms with Crippen LogP contribution in [0.4, 0.5) is 5.69 Å². The third-order valence-corrected chi connectivity index (χ3v) is 10.1. The number of rotatable bonds is 7. The summed E-state index contributed by atoms with van der Waals surface area (Å²) in [6.07, 6.45) is 0. The van der Waals surface area contributed by atoms with Gasteiger partial charge in [0.1, 0.15) is 5.75 Å². The lowest BCUT2D eigenvalue weighted by Gasteiger charge is -2.34. The fourth-order valence-electron chi connectivity index (χ4n) is 4.03. The average Bonchev–Trinajstić information content (AvgIpc) is 2.92. The molecule has 3 aromatic carbocycles. The van der Waals surface area contributed by atoms with Crippen LogP contribution in [-0.4, -0.2) is 72.3 Å². The van der Waals surface area contributed by atoms with Gasteiger partial charge in [0.2, 0.25) is 10.0 Å². The first-order chi connectivity index (χ1) is 17.5. The number of anilines is 1. The quantitative estimate of drug-likeness (QED) is 0.454. The van der Waals surface area contributed by atoms with E-state index in [0.29, 0.717) is 17.0 Å². The lowest BCUT2D eigenvalue weighted by atomic mass is 10.1. The summed E-state index contributed by atoms with van der Waals surface area (Å²) in [7, 11) is -4.46. The summed E-state index contributed by atoms with van der Waals surface area (Å²) in [4.78, 5) is 15.0. The van der Waals surface area contributed by atoms with E-state index in [1.165, 1.54) is 30.6 Å². The maximum atomic E-state index is 13.0. The maximum absolute atomic E-state index is 13.0. The van der Waals surface area contributed by atoms with Crippen molar-refractivity contribution in [3.63, 3.8) is 0 Å². The van der Waals surface area contributed by atoms with E-state index in [9.17, 15) is 21.6 Å². The second-order valence-electron chi connectivity index (χ2n) is 8.70. The van der Waals surface area contributed by atoms with Crippen molar-refractivity contribution in [3.05, 3.63) is 83.9 Å². The Morgan fingerprint density at radius 1 is 0.784 bits per heavy atom. The van der Waals surface area contributed by atoms with Gasteiger partial charge in [-0.2, -0.15) is 4.31 Å². The summed E-state index contributed by atoms with van der Waals surface area (Å²) >= 11 is 0. The number of hydrogen-bond donors (Lipinski definition) is 0. The second-order valence-corrected chi connectivity index (χ2v) is 12.6. The number of ether oxygens (including phenoxy) is 1. The first-order valence-electron chi connectivity index (χ1n) is 11.6. The lowest BCUT2D eigenvalue weighted by Crippen LogP contribution is -2.50. The molecule has 1 aliphatic heterocycles. The first-order valence-corrected chi connectivity index (χ1v) is 14.5. The monoisotopic (exact) mass is 543 g/mol. The molecule has 37 heavy (non-hydrogen) atoms. The predicted octanol–water partition coefficient (Wildman–Crippen LogP) is 2.98. The number of hydrogen-bond acceptors (Lipinski definition) is 6. The Balaban J connectivity index is 1.41. The van der Waals surface area contributed by atoms with Crippen LogP contribution in [0.25, 0.3) is 0 Å². The molecule has 1 aliphatic rings. The van der Waals surface area contributed by atoms with E-state index in [-0.39, 0.29) is 41.9 Å². The van der Waals surface area contributed by atoms with Crippen molar-refractivity contribution in [1.29, 1.82) is 0 Å². The molecular weight excluding hydrogens is 514 g/mol. The summed E-state index contributed by atoms with van der Waals surface area (Å²) in [5.74, 6) is 0.317. The molecule has 0 saturated carbocycles. The SMILES string of the molecule is COc1ccc(S(=O)(=O)N(C)c2ccc(C(=O)N3CCN(S(=O)(=O)c4ccc(C)cc4)CC3)cc2)cc1. The molecule has 0 bridgehead atoms. The molecule has 11 heteroatoms. The number of carbonyl (C=O) groups is 1. The Labute approximate surface area is 218 Å². The highest BCUT2D eigenvalue weighted by Crippen LogP contribution is 2.25. The van der Waals surface area contributed by atoms with Crippen LogP contribution in [0.5, 0.6) is 5.75 Å². The van der Waals surface area contributed by atoms with E-state index in [1.807, 2.05) is 6.92 Å². The van der Waals surface area contributed by atoms with Gasteiger partial charge in [0.25, 0.3) is 15.9 Å². The Hall–Kier alpha value is -3.41. The molecule has 0 aromatic heterocycles. The number of methoxy groups -OCH3 is 1. The van der Waals surface area contributed by atoms with Gasteiger partial charge >= 0.3 is 0 Å². The molecule has 196 valence electrons. The Morgan fingerprint density at radius 2 is 1.32 bits per heavy atom. The standard InChI is InChI=1S/C26H29N3O6S2/c1-20-4-12-25(13-5-20)37(33,34)29-18-16-28(17-19-29)26(30)21-6-8-22(9-7-21)27(2)36(31,32)24-14-10-23(35-3)11-15-24/h4-15H,16-19H2,1-3H3. The van der Waals surface area contributed by atoms with Crippen molar-refractivity contribution in [2.45, 2.75) is 16.7 Å². The molecule has 1 saturated heterocycles. The number of carbonyl (C=O) groups excluding carboxylic acids is 1. The normalized spacial score (nSPS) is 14.8. The third kappa shape index (κ3) is 5.48. The predicted molar refractivity (Wildman–Crippen MR) is 141 cm³/mol. The number of amides is 1. The summed E-state index contributed by atoms with van der Waals surface area (Å²) in [6.45, 7) is 2.81. The largest absolute Gasteiger partial charge is 0.497 e. The Morgan fingerprint density at radius 3 is 1.86 bits per heavy atom. The molecule has 1 amide bonds. The molecule has 0 atom stereocenters. The molecule has 1 heterocycles. The van der Waals surface area contributed by atoms with E-state index < -0.39 is 20.0 Å². The van der Waals surface area contributed by atoms with Gasteiger partial charge in [0.15, 0.2) is 0 Å². The highest BCUT2D eigenvalue weighted by Gasteiger charge is 2.30. The van der Waals surface area contributed by atoms with Crippen LogP contribution in [0.2, 0.25) is 0 Å². The van der Waals surface area contributed by atoms with Gasteiger partial charge in [-0.25, -0.2) is 16.8 Å². The lowest BCUT2D eigenvalue weighted by molar-refractivity contribution is 0.0698. The van der Waals surface area contributed by atoms with Crippen molar-refractivity contribution in [2.75, 3.05) is 44.6 Å². The molecular formula is C26H29N3O6S2. The fourth-order valence-corrected chi connectivity index (χ4v) is 6.65. The number of piperazine rings is 1. The van der Waals surface area contributed by atoms with Gasteiger partial charge < -0.3 is 9.64 Å². The molecule has 0 unspecified atom stereocenters. The topological polar surface area (TPSA) is 104 Å². The number of benzene rings is 3. The minimum atomic E-state index is -3.80. The van der Waals surface area contributed by atoms with Crippen LogP contribution < -0.4 is 9.04 Å². The van der Waals surface area contributed by atoms with E-state index in [1.54, 1.807) is 65.6 Å². The van der Waals surface area contributed by atoms with Gasteiger partial charge in [-0.1, -0.05) is 17.7 Å². The summed E-state index contributed by atoms with van der Waals surface area (Å²) in [5, 5.41) is 0. The van der Waals surface area contributed by atoms with Crippen LogP contribution in [-0.2, 0) is 20.0 Å². The molecule has 0 radical (unpaired) electrons. The first kappa shape index (κ1) is 26.6. The average molecular weight is 544 g/mol. The molecule has 3 aromatic rings. The Bertz CT molecular complexity index is 1460. The number of nitrogens with zero attached hydrogens (tertiary/aromatic N) is 3. The highest BCUT2D eigenvalue weighted by atomic mass is 32.2. The van der Waals surface area contributed by atoms with Crippen LogP contribution >= 0.6 is 0 Å². The van der Waals surface area contributed by atoms with Gasteiger partial charge in [-0.3, -0.25) is 9.10 Å². The van der Waals surface area contributed by atoms with Crippen LogP contribution in [0.1, 0.15) is 15.9 Å². The van der Waals surface area contributed by atoms with Crippen molar-refractivity contribution < 1.29 is 26.4 Å². The van der Waals surface area contributed by atoms with Gasteiger partial charge in [0.05, 0.1) is 22.6 Å². The third-order valence-electron chi connectivity index (χ3n) is 6.38. The van der Waals surface area contributed by atoms with E-state index in [0.717, 1.165) is 9.87 Å². The number of aryl methyl sites for hydroxylation is 1. The molecule has 0 aliphatic carbocycles. The number of sulfonamides is 2. The second kappa shape index (κ2) is 10.5. The summed E-state index contributed by atoms with van der Waals surface area (Å²) < 4.78 is 59.4. The van der Waals surface area contributed by atoms with E-state index in [2.05, 4.69) is 0 Å². The fraction of sp³-hybridized carbons (Fsp3) is 0.269. The molecule has 0 N–H and O–H groups in total. The molecule has 0 spiro atoms. The molecule has 4 rings (SSSR count). The summed E-state index contributed by atoms with van der Waals surface area (Å²) in [6, 6.07) is 19.1. The Kier molecular flexibility index (Phi) is 7.58. The minimum Gasteiger partial charge on any atom is -0.497 e. The van der Waals surface area contributed by atoms with Crippen LogP contribution in [0, 0.1) is 6.92 Å². The van der Waals surface area contributed by atoms with Crippen molar-refractivity contribution in [1.82, 2.24) is 9.21 Å². The molecule has 1 fully saturated rings. The van der Waals surface area contributed by atoms with Gasteiger partial charge in [-0.05, 0) is 67.6 Å². The van der Waals surface area contributed by atoms with Crippen molar-refractivity contribution >= 4 is 31.6 Å². The zero-order chi connectivity index (χ0) is 26.8. The van der Waals surface area contributed by atoms with Crippen molar-refractivity contribution in [2.24, 2.45) is 0 Å². The van der Waals surface area contributed by atoms with Gasteiger partial charge in [0, 0.05) is 38.8 Å². The van der Waals surface area contributed by atoms with Crippen molar-refractivity contribution in [3.8, 4) is 5.75 Å². The van der Waals surface area contributed by atoms with E-state index in [4.69, 9.17) is 4.74 Å². The zero-order valence-electron chi connectivity index (χ0n) is 20.9. The maximum Gasteiger partial charge on any atom is 0.264 e. The smallest absolute Gasteiger partial charge is 0.264 e. The van der Waals surface area contributed by atoms with Gasteiger partial charge in [-0.15, -0.1) is 0 Å². The van der Waals surface area contributed by atoms with Crippen LogP contribution in [0.15, 0.2) is 82.6 Å². The summed E-state index contributed by atoms with van der Waals surface area (Å²) in [5.41, 5.74) is 1.78. The van der Waals surface area contributed by atoms with Crippen LogP contribution in [0.3, 0.4) is 0 Å². The van der Waals surface area contributed by atoms with E-state index >= 15 is 0 Å². The zero-order valence-corrected chi connectivity index (χ0v) is 22.5. The minimum absolute atomic E-state index is 0.120. The molecule has 9 nitrogen and oxygen atoms in total.